The quantitative estimate of drug-likeness (QED) is 0.214. The number of esters is 1. The monoisotopic (exact) mass is 558 g/mol. The molecular weight excluding hydrogens is 540 g/mol. The van der Waals surface area contributed by atoms with Crippen molar-refractivity contribution in [1.82, 2.24) is 5.32 Å². The summed E-state index contributed by atoms with van der Waals surface area (Å²) in [6.07, 6.45) is 0. The van der Waals surface area contributed by atoms with E-state index in [0.29, 0.717) is 5.69 Å². The summed E-state index contributed by atoms with van der Waals surface area (Å²) in [5, 5.41) is 26.9. The molecule has 0 saturated heterocycles. The van der Waals surface area contributed by atoms with Gasteiger partial charge in [-0.15, -0.1) is 0 Å². The molecule has 35 heavy (non-hydrogen) atoms. The Labute approximate surface area is 213 Å². The molecule has 10 nitrogen and oxygen atoms in total. The number of benzene rings is 2. The number of carbonyl (C=O) groups is 3. The second-order valence-electron chi connectivity index (χ2n) is 7.21. The largest absolute Gasteiger partial charge is 0.465 e. The first-order valence-corrected chi connectivity index (χ1v) is 12.1. The van der Waals surface area contributed by atoms with Gasteiger partial charge in [-0.25, -0.2) is 0 Å². The van der Waals surface area contributed by atoms with Crippen LogP contribution in [0.2, 0.25) is 0 Å². The maximum absolute atomic E-state index is 13.0. The van der Waals surface area contributed by atoms with Gasteiger partial charge in [0.15, 0.2) is 0 Å². The topological polar surface area (TPSA) is 151 Å². The number of amides is 2. The number of nitrogens with one attached hydrogen (secondary N) is 2. The highest BCUT2D eigenvalue weighted by Crippen LogP contribution is 2.43. The lowest BCUT2D eigenvalue weighted by Crippen LogP contribution is -2.44. The summed E-state index contributed by atoms with van der Waals surface area (Å²) in [6.45, 7) is 1.54. The number of nitriles is 1. The first-order valence-electron chi connectivity index (χ1n) is 10.3. The molecule has 3 rings (SSSR count). The van der Waals surface area contributed by atoms with Gasteiger partial charge in [0.25, 0.3) is 5.69 Å². The Morgan fingerprint density at radius 1 is 1.26 bits per heavy atom. The van der Waals surface area contributed by atoms with E-state index >= 15 is 0 Å². The molecule has 1 heterocycles. The van der Waals surface area contributed by atoms with Crippen LogP contribution in [0.15, 0.2) is 63.6 Å². The molecule has 0 aromatic heterocycles. The number of thioether (sulfide) groups is 1. The fourth-order valence-electron chi connectivity index (χ4n) is 3.55. The second-order valence-corrected chi connectivity index (χ2v) is 9.11. The third-order valence-corrected chi connectivity index (χ3v) is 6.56. The van der Waals surface area contributed by atoms with Crippen molar-refractivity contribution in [3.05, 3.63) is 79.3 Å². The van der Waals surface area contributed by atoms with Gasteiger partial charge in [0.2, 0.25) is 11.8 Å². The van der Waals surface area contributed by atoms with Crippen LogP contribution in [0, 0.1) is 27.4 Å². The van der Waals surface area contributed by atoms with Crippen molar-refractivity contribution >= 4 is 56.9 Å². The molecule has 0 fully saturated rings. The smallest absolute Gasteiger partial charge is 0.319 e. The van der Waals surface area contributed by atoms with Crippen molar-refractivity contribution < 1.29 is 24.0 Å². The van der Waals surface area contributed by atoms with E-state index in [0.717, 1.165) is 16.2 Å². The van der Waals surface area contributed by atoms with E-state index in [1.807, 2.05) is 6.07 Å². The number of hydrogen-bond acceptors (Lipinski definition) is 8. The average molecular weight is 559 g/mol. The Morgan fingerprint density at radius 3 is 2.57 bits per heavy atom. The van der Waals surface area contributed by atoms with Crippen LogP contribution in [0.1, 0.15) is 18.4 Å². The molecule has 1 aliphatic rings. The van der Waals surface area contributed by atoms with Gasteiger partial charge in [0.1, 0.15) is 5.92 Å². The standard InChI is InChI=1S/C23H19BrN4O6S/c1-2-34-23(31)20-19(15-5-3-4-6-17(15)28(32)33)16(11-25)22(27-21(20)30)35-12-18(29)26-14-9-7-13(24)8-10-14/h3-10,19-20H,2,12H2,1H3,(H,26,29)(H,27,30)/t19-,20+/m0/s1. The van der Waals surface area contributed by atoms with Crippen LogP contribution in [0.3, 0.4) is 0 Å². The fraction of sp³-hybridized carbons (Fsp3) is 0.217. The lowest BCUT2D eigenvalue weighted by atomic mass is 9.78. The minimum absolute atomic E-state index is 0.0182. The number of ether oxygens (including phenoxy) is 1. The van der Waals surface area contributed by atoms with Gasteiger partial charge in [-0.1, -0.05) is 45.9 Å². The van der Waals surface area contributed by atoms with Crippen LogP contribution in [-0.4, -0.2) is 35.1 Å². The number of nitro groups is 1. The predicted molar refractivity (Wildman–Crippen MR) is 132 cm³/mol. The fourth-order valence-corrected chi connectivity index (χ4v) is 4.66. The van der Waals surface area contributed by atoms with E-state index in [4.69, 9.17) is 4.74 Å². The number of para-hydroxylation sites is 1. The Bertz CT molecular complexity index is 1240. The van der Waals surface area contributed by atoms with Crippen LogP contribution in [0.5, 0.6) is 0 Å². The van der Waals surface area contributed by atoms with E-state index in [1.54, 1.807) is 31.2 Å². The lowest BCUT2D eigenvalue weighted by Gasteiger charge is -2.30. The molecule has 1 aliphatic heterocycles. The zero-order chi connectivity index (χ0) is 25.5. The van der Waals surface area contributed by atoms with Crippen molar-refractivity contribution in [2.24, 2.45) is 5.92 Å². The highest BCUT2D eigenvalue weighted by molar-refractivity contribution is 9.10. The van der Waals surface area contributed by atoms with Crippen molar-refractivity contribution in [3.8, 4) is 6.07 Å². The highest BCUT2D eigenvalue weighted by atomic mass is 79.9. The number of carbonyl (C=O) groups excluding carboxylic acids is 3. The number of anilines is 1. The molecule has 2 atom stereocenters. The first-order chi connectivity index (χ1) is 16.8. The molecule has 0 radical (unpaired) electrons. The molecule has 2 N–H and O–H groups in total. The number of halogens is 1. The van der Waals surface area contributed by atoms with Crippen molar-refractivity contribution in [3.63, 3.8) is 0 Å². The average Bonchev–Trinajstić information content (AvgIpc) is 2.83. The van der Waals surface area contributed by atoms with Gasteiger partial charge in [-0.3, -0.25) is 24.5 Å². The summed E-state index contributed by atoms with van der Waals surface area (Å²) < 4.78 is 5.87. The molecule has 2 amide bonds. The number of hydrogen-bond donors (Lipinski definition) is 2. The minimum atomic E-state index is -1.51. The lowest BCUT2D eigenvalue weighted by molar-refractivity contribution is -0.385. The van der Waals surface area contributed by atoms with E-state index in [2.05, 4.69) is 26.6 Å². The summed E-state index contributed by atoms with van der Waals surface area (Å²) in [6, 6.07) is 14.5. The van der Waals surface area contributed by atoms with Crippen LogP contribution in [0.4, 0.5) is 11.4 Å². The molecule has 0 spiro atoms. The van der Waals surface area contributed by atoms with E-state index < -0.39 is 34.5 Å². The minimum Gasteiger partial charge on any atom is -0.465 e. The third kappa shape index (κ3) is 6.06. The molecule has 2 aromatic carbocycles. The van der Waals surface area contributed by atoms with Crippen molar-refractivity contribution in [2.75, 3.05) is 17.7 Å². The molecule has 0 unspecified atom stereocenters. The van der Waals surface area contributed by atoms with E-state index in [1.165, 1.54) is 24.3 Å². The maximum Gasteiger partial charge on any atom is 0.319 e. The second kappa shape index (κ2) is 11.6. The number of nitrogens with zero attached hydrogens (tertiary/aromatic N) is 2. The van der Waals surface area contributed by atoms with E-state index in [9.17, 15) is 29.8 Å². The highest BCUT2D eigenvalue weighted by Gasteiger charge is 2.46. The van der Waals surface area contributed by atoms with E-state index in [-0.39, 0.29) is 34.2 Å². The molecule has 12 heteroatoms. The van der Waals surface area contributed by atoms with Gasteiger partial charge in [-0.05, 0) is 31.2 Å². The Balaban J connectivity index is 1.97. The SMILES string of the molecule is CCOC(=O)[C@H]1C(=O)NC(SCC(=O)Nc2ccc(Br)cc2)=C(C#N)[C@@H]1c1ccccc1[N+](=O)[O-]. The number of allylic oxidation sites excluding steroid dienone is 1. The molecule has 0 saturated carbocycles. The van der Waals surface area contributed by atoms with Gasteiger partial charge >= 0.3 is 5.97 Å². The summed E-state index contributed by atoms with van der Waals surface area (Å²) in [5.74, 6) is -5.01. The molecular formula is C23H19BrN4O6S. The Kier molecular flexibility index (Phi) is 8.62. The van der Waals surface area contributed by atoms with Crippen LogP contribution in [0.25, 0.3) is 0 Å². The Hall–Kier alpha value is -3.69. The summed E-state index contributed by atoms with van der Waals surface area (Å²) in [5.41, 5.74) is 0.172. The molecule has 0 aliphatic carbocycles. The third-order valence-electron chi connectivity index (χ3n) is 5.01. The zero-order valence-corrected chi connectivity index (χ0v) is 20.7. The Morgan fingerprint density at radius 2 is 1.94 bits per heavy atom. The number of rotatable bonds is 8. The zero-order valence-electron chi connectivity index (χ0n) is 18.3. The van der Waals surface area contributed by atoms with Crippen LogP contribution in [-0.2, 0) is 19.1 Å². The molecule has 180 valence electrons. The molecule has 0 bridgehead atoms. The van der Waals surface area contributed by atoms with Gasteiger partial charge < -0.3 is 15.4 Å². The van der Waals surface area contributed by atoms with Crippen LogP contribution >= 0.6 is 27.7 Å². The summed E-state index contributed by atoms with van der Waals surface area (Å²) in [4.78, 5) is 49.1. The van der Waals surface area contributed by atoms with Gasteiger partial charge in [0, 0.05) is 21.8 Å². The van der Waals surface area contributed by atoms with Gasteiger partial charge in [0.05, 0.1) is 39.9 Å². The maximum atomic E-state index is 13.0. The van der Waals surface area contributed by atoms with Crippen molar-refractivity contribution in [1.29, 1.82) is 5.26 Å². The molecule has 2 aromatic rings. The summed E-state index contributed by atoms with van der Waals surface area (Å²) >= 11 is 4.20. The first kappa shape index (κ1) is 25.9. The predicted octanol–water partition coefficient (Wildman–Crippen LogP) is 3.86. The number of nitro benzene ring substituents is 1. The van der Waals surface area contributed by atoms with Crippen LogP contribution < -0.4 is 10.6 Å². The summed E-state index contributed by atoms with van der Waals surface area (Å²) in [7, 11) is 0. The van der Waals surface area contributed by atoms with Crippen molar-refractivity contribution in [2.45, 2.75) is 12.8 Å². The van der Waals surface area contributed by atoms with Gasteiger partial charge in [-0.2, -0.15) is 5.26 Å². The normalized spacial score (nSPS) is 17.2.